The summed E-state index contributed by atoms with van der Waals surface area (Å²) < 4.78 is 23.6. The van der Waals surface area contributed by atoms with Gasteiger partial charge in [-0.3, -0.25) is 10.1 Å². The number of aromatic carboxylic acids is 1. The summed E-state index contributed by atoms with van der Waals surface area (Å²) >= 11 is 0. The fourth-order valence-electron chi connectivity index (χ4n) is 2.51. The molecule has 9 nitrogen and oxygen atoms in total. The Morgan fingerprint density at radius 2 is 1.86 bits per heavy atom. The van der Waals surface area contributed by atoms with Gasteiger partial charge in [0, 0.05) is 19.2 Å². The van der Waals surface area contributed by atoms with Crippen LogP contribution in [0.25, 0.3) is 0 Å². The molecule has 1 aromatic carbocycles. The zero-order valence-electron chi connectivity index (χ0n) is 11.6. The molecule has 120 valence electrons. The van der Waals surface area contributed by atoms with Gasteiger partial charge < -0.3 is 10.0 Å². The van der Waals surface area contributed by atoms with Gasteiger partial charge in [-0.25, -0.2) is 18.4 Å². The van der Waals surface area contributed by atoms with Crippen molar-refractivity contribution in [3.63, 3.8) is 0 Å². The number of carboxylic acid groups (broad SMARTS) is 1. The number of sulfonamides is 1. The molecule has 1 aliphatic rings. The number of piperidine rings is 1. The number of carboxylic acids is 1. The summed E-state index contributed by atoms with van der Waals surface area (Å²) in [4.78, 5) is 22.6. The van der Waals surface area contributed by atoms with E-state index in [1.54, 1.807) is 4.90 Å². The number of nitro benzene ring substituents is 1. The Morgan fingerprint density at radius 3 is 2.32 bits per heavy atom. The lowest BCUT2D eigenvalue weighted by Gasteiger charge is -2.29. The van der Waals surface area contributed by atoms with Crippen LogP contribution in [-0.2, 0) is 10.0 Å². The number of hydrogen-bond donors (Lipinski definition) is 2. The van der Waals surface area contributed by atoms with E-state index in [-0.39, 0.29) is 5.69 Å². The normalized spacial score (nSPS) is 15.6. The van der Waals surface area contributed by atoms with Crippen molar-refractivity contribution < 1.29 is 23.2 Å². The molecular weight excluding hydrogens is 314 g/mol. The van der Waals surface area contributed by atoms with Gasteiger partial charge in [-0.15, -0.1) is 0 Å². The maximum Gasteiger partial charge on any atom is 0.335 e. The lowest BCUT2D eigenvalue weighted by atomic mass is 10.1. The Morgan fingerprint density at radius 1 is 1.27 bits per heavy atom. The Balaban J connectivity index is 2.76. The van der Waals surface area contributed by atoms with E-state index in [0.717, 1.165) is 31.4 Å². The van der Waals surface area contributed by atoms with Crippen LogP contribution in [0.1, 0.15) is 29.6 Å². The molecule has 1 fully saturated rings. The molecule has 22 heavy (non-hydrogen) atoms. The van der Waals surface area contributed by atoms with Crippen molar-refractivity contribution in [3.05, 3.63) is 27.8 Å². The minimum absolute atomic E-state index is 0.128. The molecule has 0 spiro atoms. The van der Waals surface area contributed by atoms with Crippen molar-refractivity contribution in [1.82, 2.24) is 0 Å². The first kappa shape index (κ1) is 16.2. The second-order valence-corrected chi connectivity index (χ2v) is 6.53. The highest BCUT2D eigenvalue weighted by molar-refractivity contribution is 7.89. The predicted molar refractivity (Wildman–Crippen MR) is 77.5 cm³/mol. The summed E-state index contributed by atoms with van der Waals surface area (Å²) in [6, 6.07) is 1.73. The van der Waals surface area contributed by atoms with Crippen molar-refractivity contribution >= 4 is 27.4 Å². The standard InChI is InChI=1S/C12H15N3O6S/c13-22(20,21)10-7-8(12(16)17)6-9(15(18)19)11(10)14-4-2-1-3-5-14/h6-7H,1-5H2,(H,16,17)(H2,13,20,21). The van der Waals surface area contributed by atoms with Crippen molar-refractivity contribution in [2.45, 2.75) is 24.2 Å². The van der Waals surface area contributed by atoms with Gasteiger partial charge in [0.05, 0.1) is 10.5 Å². The molecule has 1 aliphatic heterocycles. The predicted octanol–water partition coefficient (Wildman–Crippen LogP) is 0.931. The summed E-state index contributed by atoms with van der Waals surface area (Å²) in [5.41, 5.74) is -1.18. The summed E-state index contributed by atoms with van der Waals surface area (Å²) in [5, 5.41) is 25.4. The maximum atomic E-state index is 11.8. The van der Waals surface area contributed by atoms with E-state index in [0.29, 0.717) is 13.1 Å². The zero-order chi connectivity index (χ0) is 16.5. The maximum absolute atomic E-state index is 11.8. The molecule has 0 unspecified atom stereocenters. The number of carbonyl (C=O) groups is 1. The minimum Gasteiger partial charge on any atom is -0.478 e. The van der Waals surface area contributed by atoms with E-state index in [9.17, 15) is 23.3 Å². The average molecular weight is 329 g/mol. The average Bonchev–Trinajstić information content (AvgIpc) is 2.45. The van der Waals surface area contributed by atoms with E-state index in [1.165, 1.54) is 0 Å². The SMILES string of the molecule is NS(=O)(=O)c1cc(C(=O)O)cc([N+](=O)[O-])c1N1CCCCC1. The van der Waals surface area contributed by atoms with E-state index < -0.39 is 37.1 Å². The van der Waals surface area contributed by atoms with Gasteiger partial charge in [0.2, 0.25) is 10.0 Å². The first-order valence-electron chi connectivity index (χ1n) is 6.55. The van der Waals surface area contributed by atoms with Gasteiger partial charge in [0.25, 0.3) is 5.69 Å². The molecule has 0 bridgehead atoms. The first-order valence-corrected chi connectivity index (χ1v) is 8.10. The lowest BCUT2D eigenvalue weighted by Crippen LogP contribution is -2.32. The number of nitrogens with two attached hydrogens (primary N) is 1. The largest absolute Gasteiger partial charge is 0.478 e. The van der Waals surface area contributed by atoms with Crippen LogP contribution >= 0.6 is 0 Å². The number of primary sulfonamides is 1. The molecule has 3 N–H and O–H groups in total. The summed E-state index contributed by atoms with van der Waals surface area (Å²) in [5.74, 6) is -1.46. The van der Waals surface area contributed by atoms with E-state index in [4.69, 9.17) is 10.2 Å². The van der Waals surface area contributed by atoms with Crippen LogP contribution in [0.15, 0.2) is 17.0 Å². The van der Waals surface area contributed by atoms with Crippen molar-refractivity contribution in [2.75, 3.05) is 18.0 Å². The third-order valence-electron chi connectivity index (χ3n) is 3.48. The van der Waals surface area contributed by atoms with Crippen LogP contribution < -0.4 is 10.0 Å². The highest BCUT2D eigenvalue weighted by Gasteiger charge is 2.31. The molecule has 1 heterocycles. The van der Waals surface area contributed by atoms with Gasteiger partial charge in [-0.2, -0.15) is 0 Å². The van der Waals surface area contributed by atoms with Crippen LogP contribution in [0.5, 0.6) is 0 Å². The molecule has 0 aromatic heterocycles. The van der Waals surface area contributed by atoms with Gasteiger partial charge in [-0.1, -0.05) is 0 Å². The molecule has 0 amide bonds. The summed E-state index contributed by atoms with van der Waals surface area (Å²) in [6.07, 6.45) is 2.48. The highest BCUT2D eigenvalue weighted by Crippen LogP contribution is 2.37. The van der Waals surface area contributed by atoms with Gasteiger partial charge in [-0.05, 0) is 25.3 Å². The molecule has 1 aromatic rings. The molecule has 2 rings (SSSR count). The summed E-state index contributed by atoms with van der Waals surface area (Å²) in [6.45, 7) is 0.908. The summed E-state index contributed by atoms with van der Waals surface area (Å²) in [7, 11) is -4.30. The van der Waals surface area contributed by atoms with Gasteiger partial charge in [0.1, 0.15) is 10.6 Å². The monoisotopic (exact) mass is 329 g/mol. The number of anilines is 1. The smallest absolute Gasteiger partial charge is 0.335 e. The fraction of sp³-hybridized carbons (Fsp3) is 0.417. The number of benzene rings is 1. The van der Waals surface area contributed by atoms with Crippen LogP contribution in [0.2, 0.25) is 0 Å². The fourth-order valence-corrected chi connectivity index (χ4v) is 3.30. The van der Waals surface area contributed by atoms with E-state index in [2.05, 4.69) is 0 Å². The second-order valence-electron chi connectivity index (χ2n) is 5.00. The first-order chi connectivity index (χ1) is 10.2. The van der Waals surface area contributed by atoms with Crippen molar-refractivity contribution in [3.8, 4) is 0 Å². The topological polar surface area (TPSA) is 144 Å². The third-order valence-corrected chi connectivity index (χ3v) is 4.40. The number of rotatable bonds is 4. The number of hydrogen-bond acceptors (Lipinski definition) is 6. The van der Waals surface area contributed by atoms with Crippen LogP contribution in [0, 0.1) is 10.1 Å². The van der Waals surface area contributed by atoms with Crippen LogP contribution in [0.3, 0.4) is 0 Å². The molecule has 10 heteroatoms. The van der Waals surface area contributed by atoms with E-state index >= 15 is 0 Å². The highest BCUT2D eigenvalue weighted by atomic mass is 32.2. The second kappa shape index (κ2) is 5.89. The van der Waals surface area contributed by atoms with E-state index in [1.807, 2.05) is 0 Å². The zero-order valence-corrected chi connectivity index (χ0v) is 12.4. The number of nitrogens with zero attached hydrogens (tertiary/aromatic N) is 2. The third kappa shape index (κ3) is 3.17. The van der Waals surface area contributed by atoms with Gasteiger partial charge >= 0.3 is 5.97 Å². The van der Waals surface area contributed by atoms with Gasteiger partial charge in [0.15, 0.2) is 0 Å². The lowest BCUT2D eigenvalue weighted by molar-refractivity contribution is -0.384. The Bertz CT molecular complexity index is 725. The molecule has 1 saturated heterocycles. The van der Waals surface area contributed by atoms with Crippen molar-refractivity contribution in [1.29, 1.82) is 0 Å². The Hall–Kier alpha value is -2.20. The minimum atomic E-state index is -4.30. The molecular formula is C12H15N3O6S. The Kier molecular flexibility index (Phi) is 4.33. The molecule has 0 aliphatic carbocycles. The molecule has 0 saturated carbocycles. The molecule has 0 atom stereocenters. The number of nitro groups is 1. The molecule has 0 radical (unpaired) electrons. The van der Waals surface area contributed by atoms with Crippen LogP contribution in [0.4, 0.5) is 11.4 Å². The van der Waals surface area contributed by atoms with Crippen molar-refractivity contribution in [2.24, 2.45) is 5.14 Å². The Labute approximate surface area is 126 Å². The quantitative estimate of drug-likeness (QED) is 0.617. The van der Waals surface area contributed by atoms with Crippen LogP contribution in [-0.4, -0.2) is 37.5 Å².